The van der Waals surface area contributed by atoms with Gasteiger partial charge in [0.2, 0.25) is 5.90 Å². The molecule has 0 spiro atoms. The Morgan fingerprint density at radius 1 is 1.00 bits per heavy atom. The third-order valence-corrected chi connectivity index (χ3v) is 3.06. The van der Waals surface area contributed by atoms with Crippen LogP contribution in [-0.2, 0) is 9.53 Å². The summed E-state index contributed by atoms with van der Waals surface area (Å²) in [7, 11) is 2.99. The van der Waals surface area contributed by atoms with Gasteiger partial charge in [0.1, 0.15) is 17.1 Å². The highest BCUT2D eigenvalue weighted by atomic mass is 16.5. The molecule has 0 aliphatic rings. The van der Waals surface area contributed by atoms with Crippen LogP contribution < -0.4 is 14.8 Å². The predicted octanol–water partition coefficient (Wildman–Crippen LogP) is 2.68. The zero-order valence-electron chi connectivity index (χ0n) is 13.0. The second-order valence-corrected chi connectivity index (χ2v) is 4.57. The smallest absolute Gasteiger partial charge is 0.262 e. The standard InChI is InChI=1S/C17H18N2O4/c1-21-13-9-6-10-14(22-2)16(13)17(18)23-11-15(20)19-12-7-4-3-5-8-12/h3-10,18H,11H2,1-2H3,(H,19,20). The molecule has 2 rings (SSSR count). The molecule has 0 fully saturated rings. The van der Waals surface area contributed by atoms with Gasteiger partial charge in [-0.2, -0.15) is 0 Å². The lowest BCUT2D eigenvalue weighted by Gasteiger charge is -2.14. The van der Waals surface area contributed by atoms with Crippen LogP contribution in [0.25, 0.3) is 0 Å². The van der Waals surface area contributed by atoms with Crippen LogP contribution >= 0.6 is 0 Å². The van der Waals surface area contributed by atoms with Crippen molar-refractivity contribution in [3.05, 3.63) is 54.1 Å². The number of rotatable bonds is 6. The van der Waals surface area contributed by atoms with E-state index in [1.807, 2.05) is 18.2 Å². The molecule has 0 saturated carbocycles. The molecule has 0 radical (unpaired) electrons. The van der Waals surface area contributed by atoms with Crippen LogP contribution in [0.5, 0.6) is 11.5 Å². The van der Waals surface area contributed by atoms with Crippen LogP contribution in [0.1, 0.15) is 5.56 Å². The Morgan fingerprint density at radius 2 is 1.61 bits per heavy atom. The van der Waals surface area contributed by atoms with Gasteiger partial charge in [-0.05, 0) is 24.3 Å². The van der Waals surface area contributed by atoms with Gasteiger partial charge >= 0.3 is 0 Å². The molecule has 0 aliphatic carbocycles. The van der Waals surface area contributed by atoms with E-state index in [0.29, 0.717) is 22.7 Å². The molecule has 0 unspecified atom stereocenters. The summed E-state index contributed by atoms with van der Waals surface area (Å²) in [4.78, 5) is 11.9. The van der Waals surface area contributed by atoms with E-state index < -0.39 is 0 Å². The Balaban J connectivity index is 2.01. The molecule has 0 saturated heterocycles. The topological polar surface area (TPSA) is 80.6 Å². The number of amides is 1. The van der Waals surface area contributed by atoms with Crippen molar-refractivity contribution in [1.29, 1.82) is 5.41 Å². The van der Waals surface area contributed by atoms with Crippen LogP contribution in [-0.4, -0.2) is 32.6 Å². The minimum atomic E-state index is -0.352. The molecule has 2 N–H and O–H groups in total. The zero-order valence-corrected chi connectivity index (χ0v) is 13.0. The number of carbonyl (C=O) groups excluding carboxylic acids is 1. The molecule has 0 bridgehead atoms. The van der Waals surface area contributed by atoms with Crippen molar-refractivity contribution in [2.45, 2.75) is 0 Å². The number of benzene rings is 2. The average Bonchev–Trinajstić information content (AvgIpc) is 2.59. The molecule has 0 aromatic heterocycles. The Kier molecular flexibility index (Phi) is 5.57. The third-order valence-electron chi connectivity index (χ3n) is 3.06. The Morgan fingerprint density at radius 3 is 2.17 bits per heavy atom. The molecule has 0 heterocycles. The highest BCUT2D eigenvalue weighted by Gasteiger charge is 2.17. The van der Waals surface area contributed by atoms with Crippen molar-refractivity contribution in [3.63, 3.8) is 0 Å². The van der Waals surface area contributed by atoms with E-state index in [9.17, 15) is 4.79 Å². The van der Waals surface area contributed by atoms with Gasteiger partial charge in [0, 0.05) is 5.69 Å². The molecular weight excluding hydrogens is 296 g/mol. The number of para-hydroxylation sites is 1. The van der Waals surface area contributed by atoms with Gasteiger partial charge < -0.3 is 19.5 Å². The predicted molar refractivity (Wildman–Crippen MR) is 87.4 cm³/mol. The van der Waals surface area contributed by atoms with Gasteiger partial charge in [-0.3, -0.25) is 10.2 Å². The molecule has 6 nitrogen and oxygen atoms in total. The minimum Gasteiger partial charge on any atom is -0.496 e. The van der Waals surface area contributed by atoms with Crippen molar-refractivity contribution < 1.29 is 19.0 Å². The summed E-state index contributed by atoms with van der Waals surface area (Å²) >= 11 is 0. The normalized spacial score (nSPS) is 9.83. The quantitative estimate of drug-likeness (QED) is 0.634. The lowest BCUT2D eigenvalue weighted by molar-refractivity contribution is -0.118. The Bertz CT molecular complexity index is 664. The number of anilines is 1. The number of hydrogen-bond donors (Lipinski definition) is 2. The second-order valence-electron chi connectivity index (χ2n) is 4.57. The number of methoxy groups -OCH3 is 2. The molecule has 23 heavy (non-hydrogen) atoms. The average molecular weight is 314 g/mol. The molecule has 1 amide bonds. The van der Waals surface area contributed by atoms with Gasteiger partial charge in [-0.1, -0.05) is 24.3 Å². The van der Waals surface area contributed by atoms with E-state index in [0.717, 1.165) is 0 Å². The van der Waals surface area contributed by atoms with E-state index in [1.165, 1.54) is 14.2 Å². The fourth-order valence-electron chi connectivity index (χ4n) is 2.00. The maximum atomic E-state index is 11.9. The van der Waals surface area contributed by atoms with Crippen molar-refractivity contribution in [3.8, 4) is 11.5 Å². The molecule has 6 heteroatoms. The first-order valence-electron chi connectivity index (χ1n) is 6.93. The molecule has 0 atom stereocenters. The zero-order chi connectivity index (χ0) is 16.7. The van der Waals surface area contributed by atoms with E-state index in [4.69, 9.17) is 19.6 Å². The first-order chi connectivity index (χ1) is 11.2. The van der Waals surface area contributed by atoms with Crippen molar-refractivity contribution in [1.82, 2.24) is 0 Å². The van der Waals surface area contributed by atoms with Crippen LogP contribution in [0.3, 0.4) is 0 Å². The highest BCUT2D eigenvalue weighted by molar-refractivity contribution is 5.99. The van der Waals surface area contributed by atoms with Gasteiger partial charge in [0.25, 0.3) is 5.91 Å². The second kappa shape index (κ2) is 7.84. The number of ether oxygens (including phenoxy) is 3. The maximum absolute atomic E-state index is 11.9. The monoisotopic (exact) mass is 314 g/mol. The van der Waals surface area contributed by atoms with Crippen LogP contribution in [0.4, 0.5) is 5.69 Å². The minimum absolute atomic E-state index is 0.192. The summed E-state index contributed by atoms with van der Waals surface area (Å²) in [5, 5.41) is 10.7. The summed E-state index contributed by atoms with van der Waals surface area (Å²) in [6.45, 7) is -0.283. The fourth-order valence-corrected chi connectivity index (χ4v) is 2.00. The highest BCUT2D eigenvalue weighted by Crippen LogP contribution is 2.28. The van der Waals surface area contributed by atoms with E-state index >= 15 is 0 Å². The summed E-state index contributed by atoms with van der Waals surface area (Å²) < 4.78 is 15.7. The summed E-state index contributed by atoms with van der Waals surface area (Å²) in [5.74, 6) is 0.341. The molecule has 120 valence electrons. The number of carbonyl (C=O) groups is 1. The lowest BCUT2D eigenvalue weighted by Crippen LogP contribution is -2.21. The Hall–Kier alpha value is -3.02. The van der Waals surface area contributed by atoms with Gasteiger partial charge in [0.05, 0.1) is 14.2 Å². The first kappa shape index (κ1) is 16.4. The van der Waals surface area contributed by atoms with Gasteiger partial charge in [-0.25, -0.2) is 0 Å². The van der Waals surface area contributed by atoms with Crippen LogP contribution in [0.15, 0.2) is 48.5 Å². The maximum Gasteiger partial charge on any atom is 0.262 e. The number of nitrogens with one attached hydrogen (secondary N) is 2. The number of hydrogen-bond acceptors (Lipinski definition) is 5. The molecular formula is C17H18N2O4. The SMILES string of the molecule is COc1cccc(OC)c1C(=N)OCC(=O)Nc1ccccc1. The molecule has 0 aliphatic heterocycles. The molecule has 2 aromatic rings. The van der Waals surface area contributed by atoms with E-state index in [1.54, 1.807) is 30.3 Å². The summed E-state index contributed by atoms with van der Waals surface area (Å²) in [6, 6.07) is 14.2. The third kappa shape index (κ3) is 4.23. The summed E-state index contributed by atoms with van der Waals surface area (Å²) in [6.07, 6.45) is 0. The first-order valence-corrected chi connectivity index (χ1v) is 6.93. The van der Waals surface area contributed by atoms with Crippen molar-refractivity contribution >= 4 is 17.5 Å². The van der Waals surface area contributed by atoms with Crippen LogP contribution in [0.2, 0.25) is 0 Å². The van der Waals surface area contributed by atoms with Crippen molar-refractivity contribution in [2.24, 2.45) is 0 Å². The van der Waals surface area contributed by atoms with E-state index in [-0.39, 0.29) is 18.4 Å². The fraction of sp³-hybridized carbons (Fsp3) is 0.176. The van der Waals surface area contributed by atoms with E-state index in [2.05, 4.69) is 5.32 Å². The van der Waals surface area contributed by atoms with Crippen molar-refractivity contribution in [2.75, 3.05) is 26.1 Å². The largest absolute Gasteiger partial charge is 0.496 e. The van der Waals surface area contributed by atoms with Gasteiger partial charge in [-0.15, -0.1) is 0 Å². The Labute approximate surface area is 134 Å². The van der Waals surface area contributed by atoms with Crippen LogP contribution in [0, 0.1) is 5.41 Å². The molecule has 2 aromatic carbocycles. The lowest BCUT2D eigenvalue weighted by atomic mass is 10.1. The van der Waals surface area contributed by atoms with Gasteiger partial charge in [0.15, 0.2) is 6.61 Å². The summed E-state index contributed by atoms with van der Waals surface area (Å²) in [5.41, 5.74) is 1.03.